The Morgan fingerprint density at radius 3 is 2.30 bits per heavy atom. The van der Waals surface area contributed by atoms with Crippen molar-refractivity contribution in [3.8, 4) is 0 Å². The third-order valence-electron chi connectivity index (χ3n) is 4.34. The molecule has 0 aliphatic heterocycles. The van der Waals surface area contributed by atoms with Gasteiger partial charge < -0.3 is 9.16 Å². The van der Waals surface area contributed by atoms with Crippen LogP contribution in [0, 0.1) is 0 Å². The lowest BCUT2D eigenvalue weighted by molar-refractivity contribution is -0.137. The summed E-state index contributed by atoms with van der Waals surface area (Å²) in [7, 11) is -1.67. The smallest absolute Gasteiger partial charge is 0.330 e. The molecule has 1 aromatic rings. The Bertz CT molecular complexity index is 525. The quantitative estimate of drug-likeness (QED) is 0.407. The molecular weight excluding hydrogens is 304 g/mol. The van der Waals surface area contributed by atoms with Crippen LogP contribution in [0.25, 0.3) is 6.08 Å². The topological polar surface area (TPSA) is 35.5 Å². The number of hydrogen-bond acceptors (Lipinski definition) is 3. The van der Waals surface area contributed by atoms with Crippen LogP contribution in [-0.4, -0.2) is 27.5 Å². The fraction of sp³-hybridized carbons (Fsp3) is 0.526. The summed E-state index contributed by atoms with van der Waals surface area (Å²) in [4.78, 5) is 11.3. The Labute approximate surface area is 141 Å². The van der Waals surface area contributed by atoms with E-state index in [0.29, 0.717) is 6.61 Å². The summed E-state index contributed by atoms with van der Waals surface area (Å²) in [6, 6.07) is 8.19. The van der Waals surface area contributed by atoms with Gasteiger partial charge in [0.2, 0.25) is 0 Å². The molecule has 0 atom stereocenters. The standard InChI is InChI=1S/C19H30O3Si/c1-7-21-18(20)13-12-16-8-10-17(11-9-16)14-15-22-23(5,6)19(2,3)4/h8-13H,7,14-15H2,1-6H3. The first-order valence-electron chi connectivity index (χ1n) is 8.23. The van der Waals surface area contributed by atoms with Crippen LogP contribution in [0.1, 0.15) is 38.8 Å². The highest BCUT2D eigenvalue weighted by atomic mass is 28.4. The summed E-state index contributed by atoms with van der Waals surface area (Å²) >= 11 is 0. The molecule has 0 amide bonds. The van der Waals surface area contributed by atoms with E-state index < -0.39 is 8.32 Å². The number of rotatable bonds is 7. The SMILES string of the molecule is CCOC(=O)C=Cc1ccc(CCO[Si](C)(C)C(C)(C)C)cc1. The highest BCUT2D eigenvalue weighted by Gasteiger charge is 2.36. The summed E-state index contributed by atoms with van der Waals surface area (Å²) in [5, 5.41) is 0.245. The second-order valence-corrected chi connectivity index (χ2v) is 12.0. The predicted octanol–water partition coefficient (Wildman–Crippen LogP) is 4.83. The Hall–Kier alpha value is -1.39. The molecule has 0 fully saturated rings. The van der Waals surface area contributed by atoms with Crippen molar-refractivity contribution in [2.75, 3.05) is 13.2 Å². The Kier molecular flexibility index (Phi) is 7.23. The number of carbonyl (C=O) groups excluding carboxylic acids is 1. The summed E-state index contributed by atoms with van der Waals surface area (Å²) in [5.74, 6) is -0.306. The Balaban J connectivity index is 2.50. The predicted molar refractivity (Wildman–Crippen MR) is 99.0 cm³/mol. The van der Waals surface area contributed by atoms with Crippen LogP contribution >= 0.6 is 0 Å². The highest BCUT2D eigenvalue weighted by Crippen LogP contribution is 2.36. The molecule has 1 rings (SSSR count). The van der Waals surface area contributed by atoms with Gasteiger partial charge in [0.1, 0.15) is 0 Å². The minimum absolute atomic E-state index is 0.245. The molecule has 0 radical (unpaired) electrons. The van der Waals surface area contributed by atoms with E-state index in [2.05, 4.69) is 46.0 Å². The van der Waals surface area contributed by atoms with Gasteiger partial charge in [0.25, 0.3) is 0 Å². The van der Waals surface area contributed by atoms with E-state index in [-0.39, 0.29) is 11.0 Å². The Morgan fingerprint density at radius 2 is 1.78 bits per heavy atom. The number of hydrogen-bond donors (Lipinski definition) is 0. The van der Waals surface area contributed by atoms with Gasteiger partial charge in [-0.05, 0) is 48.7 Å². The van der Waals surface area contributed by atoms with Gasteiger partial charge in [-0.15, -0.1) is 0 Å². The van der Waals surface area contributed by atoms with Crippen molar-refractivity contribution < 1.29 is 14.0 Å². The summed E-state index contributed by atoms with van der Waals surface area (Å²) in [6.45, 7) is 14.3. The first-order valence-corrected chi connectivity index (χ1v) is 11.1. The van der Waals surface area contributed by atoms with Gasteiger partial charge in [-0.25, -0.2) is 4.79 Å². The summed E-state index contributed by atoms with van der Waals surface area (Å²) in [6.07, 6.45) is 4.14. The number of benzene rings is 1. The third kappa shape index (κ3) is 6.71. The minimum Gasteiger partial charge on any atom is -0.463 e. The molecule has 0 saturated carbocycles. The molecule has 0 N–H and O–H groups in total. The maximum Gasteiger partial charge on any atom is 0.330 e. The molecule has 0 saturated heterocycles. The average Bonchev–Trinajstić information content (AvgIpc) is 2.45. The first-order chi connectivity index (χ1) is 10.7. The van der Waals surface area contributed by atoms with Gasteiger partial charge in [0.15, 0.2) is 8.32 Å². The van der Waals surface area contributed by atoms with Gasteiger partial charge in [0, 0.05) is 12.7 Å². The van der Waals surface area contributed by atoms with Crippen LogP contribution in [0.15, 0.2) is 30.3 Å². The molecular formula is C19H30O3Si. The molecule has 1 aromatic carbocycles. The fourth-order valence-electron chi connectivity index (χ4n) is 1.79. The van der Waals surface area contributed by atoms with E-state index in [1.807, 2.05) is 12.1 Å². The van der Waals surface area contributed by atoms with Gasteiger partial charge in [-0.2, -0.15) is 0 Å². The van der Waals surface area contributed by atoms with Crippen LogP contribution in [0.2, 0.25) is 18.1 Å². The van der Waals surface area contributed by atoms with E-state index in [9.17, 15) is 4.79 Å². The van der Waals surface area contributed by atoms with E-state index in [4.69, 9.17) is 9.16 Å². The average molecular weight is 335 g/mol. The zero-order valence-electron chi connectivity index (χ0n) is 15.3. The lowest BCUT2D eigenvalue weighted by atomic mass is 10.1. The van der Waals surface area contributed by atoms with Crippen LogP contribution < -0.4 is 0 Å². The van der Waals surface area contributed by atoms with Crippen LogP contribution in [-0.2, 0) is 20.4 Å². The number of carbonyl (C=O) groups is 1. The fourth-order valence-corrected chi connectivity index (χ4v) is 2.84. The van der Waals surface area contributed by atoms with E-state index >= 15 is 0 Å². The first kappa shape index (κ1) is 19.7. The maximum atomic E-state index is 11.3. The summed E-state index contributed by atoms with van der Waals surface area (Å²) in [5.41, 5.74) is 2.24. The van der Waals surface area contributed by atoms with E-state index in [1.54, 1.807) is 13.0 Å². The van der Waals surface area contributed by atoms with Crippen LogP contribution in [0.3, 0.4) is 0 Å². The number of ether oxygens (including phenoxy) is 1. The van der Waals surface area contributed by atoms with Crippen molar-refractivity contribution in [2.45, 2.75) is 52.2 Å². The van der Waals surface area contributed by atoms with Gasteiger partial charge >= 0.3 is 5.97 Å². The minimum atomic E-state index is -1.67. The largest absolute Gasteiger partial charge is 0.463 e. The second-order valence-electron chi connectivity index (χ2n) is 7.19. The number of esters is 1. The zero-order chi connectivity index (χ0) is 17.5. The van der Waals surface area contributed by atoms with Gasteiger partial charge in [0.05, 0.1) is 6.61 Å². The molecule has 0 unspecified atom stereocenters. The van der Waals surface area contributed by atoms with Crippen molar-refractivity contribution >= 4 is 20.4 Å². The molecule has 3 nitrogen and oxygen atoms in total. The molecule has 0 bridgehead atoms. The Morgan fingerprint density at radius 1 is 1.17 bits per heavy atom. The van der Waals surface area contributed by atoms with Gasteiger partial charge in [-0.1, -0.05) is 45.0 Å². The zero-order valence-corrected chi connectivity index (χ0v) is 16.3. The molecule has 4 heteroatoms. The van der Waals surface area contributed by atoms with Crippen molar-refractivity contribution in [3.63, 3.8) is 0 Å². The third-order valence-corrected chi connectivity index (χ3v) is 8.88. The molecule has 0 spiro atoms. The van der Waals surface area contributed by atoms with Crippen molar-refractivity contribution in [1.29, 1.82) is 0 Å². The molecule has 0 aliphatic carbocycles. The molecule has 0 aliphatic rings. The second kappa shape index (κ2) is 8.46. The monoisotopic (exact) mass is 334 g/mol. The van der Waals surface area contributed by atoms with E-state index in [0.717, 1.165) is 18.6 Å². The highest BCUT2D eigenvalue weighted by molar-refractivity contribution is 6.74. The van der Waals surface area contributed by atoms with Crippen LogP contribution in [0.4, 0.5) is 0 Å². The summed E-state index contributed by atoms with van der Waals surface area (Å²) < 4.78 is 11.1. The molecule has 0 heterocycles. The maximum absolute atomic E-state index is 11.3. The molecule has 0 aromatic heterocycles. The van der Waals surface area contributed by atoms with Crippen molar-refractivity contribution in [1.82, 2.24) is 0 Å². The lowest BCUT2D eigenvalue weighted by Gasteiger charge is -2.36. The normalized spacial score (nSPS) is 12.6. The van der Waals surface area contributed by atoms with Crippen molar-refractivity contribution in [2.24, 2.45) is 0 Å². The van der Waals surface area contributed by atoms with Crippen molar-refractivity contribution in [3.05, 3.63) is 41.5 Å². The van der Waals surface area contributed by atoms with Crippen LogP contribution in [0.5, 0.6) is 0 Å². The van der Waals surface area contributed by atoms with E-state index in [1.165, 1.54) is 11.6 Å². The molecule has 128 valence electrons. The van der Waals surface area contributed by atoms with Gasteiger partial charge in [-0.3, -0.25) is 0 Å². The molecule has 23 heavy (non-hydrogen) atoms. The lowest BCUT2D eigenvalue weighted by Crippen LogP contribution is -2.41.